The number of thioether (sulfide) groups is 1. The fraction of sp³-hybridized carbons (Fsp3) is 0.448. The summed E-state index contributed by atoms with van der Waals surface area (Å²) in [6.45, 7) is 6.65. The van der Waals surface area contributed by atoms with Gasteiger partial charge >= 0.3 is 0 Å². The van der Waals surface area contributed by atoms with E-state index < -0.39 is 0 Å². The highest BCUT2D eigenvalue weighted by atomic mass is 32.2. The van der Waals surface area contributed by atoms with Gasteiger partial charge in [-0.2, -0.15) is 0 Å². The Balaban J connectivity index is 1.46. The Bertz CT molecular complexity index is 1050. The molecule has 0 aromatic heterocycles. The first kappa shape index (κ1) is 25.5. The van der Waals surface area contributed by atoms with Gasteiger partial charge in [0.1, 0.15) is 0 Å². The second-order valence-corrected chi connectivity index (χ2v) is 10.6. The number of nitrogens with one attached hydrogen (secondary N) is 1. The molecule has 2 aromatic rings. The van der Waals surface area contributed by atoms with Crippen LogP contribution in [0.3, 0.4) is 0 Å². The van der Waals surface area contributed by atoms with Crippen LogP contribution < -0.4 is 5.32 Å². The summed E-state index contributed by atoms with van der Waals surface area (Å²) in [6.07, 6.45) is 7.43. The minimum absolute atomic E-state index is 0.0850. The summed E-state index contributed by atoms with van der Waals surface area (Å²) < 4.78 is 5.31. The molecule has 186 valence electrons. The zero-order valence-corrected chi connectivity index (χ0v) is 21.6. The summed E-state index contributed by atoms with van der Waals surface area (Å²) in [5.74, 6) is 0.0361. The Morgan fingerprint density at radius 3 is 2.74 bits per heavy atom. The van der Waals surface area contributed by atoms with Crippen molar-refractivity contribution in [2.45, 2.75) is 63.8 Å². The first-order chi connectivity index (χ1) is 17.0. The smallest absolute Gasteiger partial charge is 0.260 e. The molecule has 35 heavy (non-hydrogen) atoms. The summed E-state index contributed by atoms with van der Waals surface area (Å²) >= 11 is 1.74. The lowest BCUT2D eigenvalue weighted by Gasteiger charge is -2.44. The molecular weight excluding hydrogens is 456 g/mol. The number of benzene rings is 2. The second kappa shape index (κ2) is 12.4. The number of ether oxygens (including phenoxy) is 1. The fourth-order valence-corrected chi connectivity index (χ4v) is 6.35. The van der Waals surface area contributed by atoms with Crippen molar-refractivity contribution in [2.75, 3.05) is 19.8 Å². The highest BCUT2D eigenvalue weighted by Gasteiger charge is 2.40. The van der Waals surface area contributed by atoms with Crippen molar-refractivity contribution < 1.29 is 14.3 Å². The monoisotopic (exact) mass is 492 g/mol. The third-order valence-corrected chi connectivity index (χ3v) is 8.08. The molecule has 0 radical (unpaired) electrons. The van der Waals surface area contributed by atoms with Crippen molar-refractivity contribution in [2.24, 2.45) is 0 Å². The number of hydrogen-bond donors (Lipinski definition) is 1. The van der Waals surface area contributed by atoms with Crippen molar-refractivity contribution in [3.63, 3.8) is 0 Å². The van der Waals surface area contributed by atoms with Crippen LogP contribution in [0.15, 0.2) is 53.4 Å². The van der Waals surface area contributed by atoms with Crippen molar-refractivity contribution in [3.05, 3.63) is 75.7 Å². The highest BCUT2D eigenvalue weighted by Crippen LogP contribution is 2.42. The van der Waals surface area contributed by atoms with Gasteiger partial charge in [-0.25, -0.2) is 0 Å². The van der Waals surface area contributed by atoms with Gasteiger partial charge in [0.25, 0.3) is 11.8 Å². The standard InChI is InChI=1S/C29H36N2O3S/c1-3-34-17-7-16-30-28(32)24-14-12-22(13-15-24)19-27-29(33)31(20-23-9-6-8-21(2)18-23)25-10-4-5-11-26(25)35-27/h6,8-9,12-15,18-19,25-26H,3-5,7,10-11,16-17,20H2,1-2H3,(H,30,32)/b27-19+. The van der Waals surface area contributed by atoms with E-state index in [0.29, 0.717) is 43.2 Å². The van der Waals surface area contributed by atoms with Gasteiger partial charge < -0.3 is 15.0 Å². The molecule has 2 amide bonds. The Kier molecular flexibility index (Phi) is 9.05. The topological polar surface area (TPSA) is 58.6 Å². The van der Waals surface area contributed by atoms with Crippen LogP contribution in [0.25, 0.3) is 6.08 Å². The van der Waals surface area contributed by atoms with E-state index in [4.69, 9.17) is 4.74 Å². The molecule has 2 atom stereocenters. The molecular formula is C29H36N2O3S. The van der Waals surface area contributed by atoms with Crippen LogP contribution >= 0.6 is 11.8 Å². The Morgan fingerprint density at radius 1 is 1.17 bits per heavy atom. The number of nitrogens with zero attached hydrogens (tertiary/aromatic N) is 1. The summed E-state index contributed by atoms with van der Waals surface area (Å²) in [7, 11) is 0. The van der Waals surface area contributed by atoms with E-state index in [-0.39, 0.29) is 11.8 Å². The lowest BCUT2D eigenvalue weighted by atomic mass is 9.92. The molecule has 1 heterocycles. The van der Waals surface area contributed by atoms with Gasteiger partial charge in [-0.15, -0.1) is 11.8 Å². The van der Waals surface area contributed by atoms with Gasteiger partial charge in [-0.3, -0.25) is 9.59 Å². The Labute approximate surface area is 213 Å². The zero-order valence-electron chi connectivity index (χ0n) is 20.8. The van der Waals surface area contributed by atoms with Crippen molar-refractivity contribution in [3.8, 4) is 0 Å². The first-order valence-corrected chi connectivity index (χ1v) is 13.6. The average molecular weight is 493 g/mol. The summed E-state index contributed by atoms with van der Waals surface area (Å²) in [5.41, 5.74) is 3.97. The first-order valence-electron chi connectivity index (χ1n) is 12.8. The van der Waals surface area contributed by atoms with Gasteiger partial charge in [-0.1, -0.05) is 54.8 Å². The van der Waals surface area contributed by atoms with Crippen LogP contribution in [0.2, 0.25) is 0 Å². The molecule has 2 aliphatic rings. The Hall–Kier alpha value is -2.57. The van der Waals surface area contributed by atoms with Crippen LogP contribution in [0, 0.1) is 6.92 Å². The fourth-order valence-electron chi connectivity index (χ4n) is 4.87. The van der Waals surface area contributed by atoms with Crippen LogP contribution in [-0.4, -0.2) is 47.8 Å². The lowest BCUT2D eigenvalue weighted by molar-refractivity contribution is -0.130. The average Bonchev–Trinajstić information content (AvgIpc) is 2.87. The van der Waals surface area contributed by atoms with Gasteiger partial charge in [-0.05, 0) is 62.4 Å². The van der Waals surface area contributed by atoms with Crippen LogP contribution in [-0.2, 0) is 16.1 Å². The number of rotatable bonds is 9. The van der Waals surface area contributed by atoms with Crippen molar-refractivity contribution in [1.82, 2.24) is 10.2 Å². The van der Waals surface area contributed by atoms with Gasteiger partial charge in [0.05, 0.1) is 4.91 Å². The largest absolute Gasteiger partial charge is 0.382 e. The molecule has 0 bridgehead atoms. The lowest BCUT2D eigenvalue weighted by Crippen LogP contribution is -2.50. The molecule has 0 spiro atoms. The van der Waals surface area contributed by atoms with Crippen molar-refractivity contribution >= 4 is 29.7 Å². The van der Waals surface area contributed by atoms with Crippen molar-refractivity contribution in [1.29, 1.82) is 0 Å². The van der Waals surface area contributed by atoms with E-state index in [0.717, 1.165) is 29.7 Å². The maximum atomic E-state index is 13.6. The SMILES string of the molecule is CCOCCCNC(=O)c1ccc(/C=C2/SC3CCCCC3N(Cc3cccc(C)c3)C2=O)cc1. The third-order valence-electron chi connectivity index (χ3n) is 6.68. The van der Waals surface area contributed by atoms with E-state index in [1.165, 1.54) is 24.0 Å². The Morgan fingerprint density at radius 2 is 1.97 bits per heavy atom. The molecule has 1 aliphatic heterocycles. The minimum Gasteiger partial charge on any atom is -0.382 e. The number of aryl methyl sites for hydroxylation is 1. The molecule has 1 saturated heterocycles. The van der Waals surface area contributed by atoms with Gasteiger partial charge in [0, 0.05) is 43.2 Å². The maximum absolute atomic E-state index is 13.6. The molecule has 1 aliphatic carbocycles. The molecule has 2 aromatic carbocycles. The minimum atomic E-state index is -0.0850. The quantitative estimate of drug-likeness (QED) is 0.367. The van der Waals surface area contributed by atoms with E-state index >= 15 is 0 Å². The summed E-state index contributed by atoms with van der Waals surface area (Å²) in [4.78, 5) is 28.9. The van der Waals surface area contributed by atoms with Gasteiger partial charge in [0.15, 0.2) is 0 Å². The molecule has 5 nitrogen and oxygen atoms in total. The number of fused-ring (bicyclic) bond motifs is 1. The van der Waals surface area contributed by atoms with Crippen LogP contribution in [0.5, 0.6) is 0 Å². The summed E-state index contributed by atoms with van der Waals surface area (Å²) in [5, 5.41) is 3.37. The molecule has 2 fully saturated rings. The number of carbonyl (C=O) groups is 2. The molecule has 1 saturated carbocycles. The molecule has 4 rings (SSSR count). The number of carbonyl (C=O) groups excluding carboxylic acids is 2. The predicted octanol–water partition coefficient (Wildman–Crippen LogP) is 5.58. The van der Waals surface area contributed by atoms with Crippen LogP contribution in [0.1, 0.15) is 66.1 Å². The highest BCUT2D eigenvalue weighted by molar-refractivity contribution is 8.04. The van der Waals surface area contributed by atoms with E-state index in [2.05, 4.69) is 41.4 Å². The van der Waals surface area contributed by atoms with E-state index in [1.54, 1.807) is 11.8 Å². The molecule has 6 heteroatoms. The maximum Gasteiger partial charge on any atom is 0.260 e. The molecule has 2 unspecified atom stereocenters. The van der Waals surface area contributed by atoms with E-state index in [9.17, 15) is 9.59 Å². The number of amides is 2. The second-order valence-electron chi connectivity index (χ2n) is 9.37. The third kappa shape index (κ3) is 6.77. The molecule has 1 N–H and O–H groups in total. The van der Waals surface area contributed by atoms with E-state index in [1.807, 2.05) is 37.3 Å². The number of hydrogen-bond acceptors (Lipinski definition) is 4. The van der Waals surface area contributed by atoms with Crippen LogP contribution in [0.4, 0.5) is 0 Å². The van der Waals surface area contributed by atoms with Gasteiger partial charge in [0.2, 0.25) is 0 Å². The predicted molar refractivity (Wildman–Crippen MR) is 143 cm³/mol. The normalized spacial score (nSPS) is 21.1. The zero-order chi connectivity index (χ0) is 24.6. The summed E-state index contributed by atoms with van der Waals surface area (Å²) in [6, 6.07) is 16.3.